The lowest BCUT2D eigenvalue weighted by Gasteiger charge is -2.00. The predicted octanol–water partition coefficient (Wildman–Crippen LogP) is 8.99. The van der Waals surface area contributed by atoms with E-state index in [-0.39, 0.29) is 0 Å². The van der Waals surface area contributed by atoms with Gasteiger partial charge in [-0.05, 0) is 122 Å². The van der Waals surface area contributed by atoms with E-state index in [0.717, 1.165) is 76.6 Å². The first-order chi connectivity index (χ1) is 19.6. The molecule has 3 aromatic heterocycles. The second-order valence-electron chi connectivity index (χ2n) is 10.6. The summed E-state index contributed by atoms with van der Waals surface area (Å²) in [6.07, 6.45) is 4.69. The highest BCUT2D eigenvalue weighted by Gasteiger charge is 2.19. The molecule has 0 atom stereocenters. The molecule has 0 amide bonds. The van der Waals surface area contributed by atoms with Crippen LogP contribution in [0, 0.1) is 13.8 Å². The molecule has 0 unspecified atom stereocenters. The number of aromatic nitrogens is 4. The summed E-state index contributed by atoms with van der Waals surface area (Å²) in [5.41, 5.74) is 19.3. The standard InChI is InChI=1S/C32H38N4.C3H4O2/c1-9-21-17(5)25-14-30-23(11-3)19(7)27(35-30)16-32-24(12-4)20(8)28(36-32)15-31-22(10-2)18(6)26(34-31)13-29(21)33-25;1-2-3(4)5/h13-16,33,36H,9-12H2,1-8H3;2H,1H2,(H,4,5). The van der Waals surface area contributed by atoms with E-state index in [4.69, 9.17) is 15.1 Å². The Morgan fingerprint density at radius 1 is 0.683 bits per heavy atom. The molecule has 0 spiro atoms. The van der Waals surface area contributed by atoms with Crippen molar-refractivity contribution in [2.45, 2.75) is 81.1 Å². The quantitative estimate of drug-likeness (QED) is 0.276. The number of carbonyl (C=O) groups is 1. The van der Waals surface area contributed by atoms with E-state index < -0.39 is 5.97 Å². The van der Waals surface area contributed by atoms with Crippen LogP contribution in [0.4, 0.5) is 0 Å². The van der Waals surface area contributed by atoms with Crippen molar-refractivity contribution < 1.29 is 9.90 Å². The first-order valence-corrected chi connectivity index (χ1v) is 14.6. The fourth-order valence-electron chi connectivity index (χ4n) is 6.02. The molecule has 3 aromatic rings. The Morgan fingerprint density at radius 2 is 1.02 bits per heavy atom. The monoisotopic (exact) mass is 550 g/mol. The van der Waals surface area contributed by atoms with Crippen LogP contribution in [0.25, 0.3) is 44.4 Å². The number of nitrogens with one attached hydrogen (secondary N) is 2. The van der Waals surface area contributed by atoms with Gasteiger partial charge in [-0.1, -0.05) is 34.3 Å². The minimum Gasteiger partial charge on any atom is -0.478 e. The maximum atomic E-state index is 9.25. The first-order valence-electron chi connectivity index (χ1n) is 14.6. The highest BCUT2D eigenvalue weighted by molar-refractivity contribution is 5.94. The number of hydrogen-bond acceptors (Lipinski definition) is 3. The fourth-order valence-corrected chi connectivity index (χ4v) is 6.02. The third-order valence-corrected chi connectivity index (χ3v) is 8.39. The maximum Gasteiger partial charge on any atom is 0.327 e. The van der Waals surface area contributed by atoms with Crippen LogP contribution in [0.1, 0.15) is 99.4 Å². The Bertz CT molecular complexity index is 1640. The second kappa shape index (κ2) is 12.1. The van der Waals surface area contributed by atoms with Crippen molar-refractivity contribution in [1.82, 2.24) is 19.9 Å². The molecule has 41 heavy (non-hydrogen) atoms. The Morgan fingerprint density at radius 3 is 1.32 bits per heavy atom. The van der Waals surface area contributed by atoms with Gasteiger partial charge in [0.2, 0.25) is 0 Å². The Balaban J connectivity index is 0.000000714. The van der Waals surface area contributed by atoms with Crippen molar-refractivity contribution in [2.75, 3.05) is 0 Å². The molecular formula is C35H42N4O2. The molecule has 5 rings (SSSR count). The zero-order chi connectivity index (χ0) is 30.0. The molecule has 0 saturated heterocycles. The summed E-state index contributed by atoms with van der Waals surface area (Å²) < 4.78 is 0. The van der Waals surface area contributed by atoms with Crippen molar-refractivity contribution >= 4 is 50.3 Å². The lowest BCUT2D eigenvalue weighted by molar-refractivity contribution is -0.131. The van der Waals surface area contributed by atoms with Gasteiger partial charge in [-0.3, -0.25) is 0 Å². The normalized spacial score (nSPS) is 12.9. The van der Waals surface area contributed by atoms with E-state index in [1.807, 2.05) is 0 Å². The van der Waals surface area contributed by atoms with E-state index in [1.54, 1.807) is 0 Å². The van der Waals surface area contributed by atoms with Gasteiger partial charge in [-0.15, -0.1) is 0 Å². The molecule has 0 aromatic carbocycles. The number of rotatable bonds is 5. The molecule has 3 N–H and O–H groups in total. The van der Waals surface area contributed by atoms with Gasteiger partial charge in [0.25, 0.3) is 0 Å². The van der Waals surface area contributed by atoms with Gasteiger partial charge in [0.15, 0.2) is 0 Å². The first kappa shape index (κ1) is 29.8. The largest absolute Gasteiger partial charge is 0.478 e. The summed E-state index contributed by atoms with van der Waals surface area (Å²) in [5, 5.41) is 7.60. The van der Waals surface area contributed by atoms with Gasteiger partial charge in [0.05, 0.1) is 22.8 Å². The van der Waals surface area contributed by atoms with Crippen LogP contribution >= 0.6 is 0 Å². The molecule has 214 valence electrons. The Labute approximate surface area is 243 Å². The third-order valence-electron chi connectivity index (χ3n) is 8.39. The molecule has 5 heterocycles. The Hall–Kier alpha value is -4.19. The summed E-state index contributed by atoms with van der Waals surface area (Å²) in [5.74, 6) is -0.981. The van der Waals surface area contributed by atoms with Crippen molar-refractivity contribution in [3.63, 3.8) is 0 Å². The molecular weight excluding hydrogens is 508 g/mol. The summed E-state index contributed by atoms with van der Waals surface area (Å²) in [7, 11) is 0. The van der Waals surface area contributed by atoms with Crippen LogP contribution in [0.5, 0.6) is 0 Å². The van der Waals surface area contributed by atoms with Gasteiger partial charge in [-0.2, -0.15) is 0 Å². The summed E-state index contributed by atoms with van der Waals surface area (Å²) in [6, 6.07) is 8.98. The average molecular weight is 551 g/mol. The summed E-state index contributed by atoms with van der Waals surface area (Å²) in [6.45, 7) is 20.7. The molecule has 2 aliphatic rings. The zero-order valence-corrected chi connectivity index (χ0v) is 25.7. The molecule has 0 saturated carbocycles. The second-order valence-corrected chi connectivity index (χ2v) is 10.6. The molecule has 6 nitrogen and oxygen atoms in total. The number of carboxylic acid groups (broad SMARTS) is 1. The SMILES string of the molecule is C=CC(=O)O.CCC1=C(C)c2cc3[nH]c(cc4nc(cc5[nH]c(cc1n2)c(C)c5CC)C(C)=C4CC)c(C)c3CC. The van der Waals surface area contributed by atoms with Crippen LogP contribution in [-0.2, 0) is 17.6 Å². The summed E-state index contributed by atoms with van der Waals surface area (Å²) >= 11 is 0. The van der Waals surface area contributed by atoms with Crippen molar-refractivity contribution in [3.8, 4) is 0 Å². The number of H-pyrrole nitrogens is 2. The minimum atomic E-state index is -0.981. The van der Waals surface area contributed by atoms with Gasteiger partial charge in [-0.25, -0.2) is 14.8 Å². The van der Waals surface area contributed by atoms with Crippen LogP contribution in [0.15, 0.2) is 36.9 Å². The fraction of sp³-hybridized carbons (Fsp3) is 0.343. The zero-order valence-electron chi connectivity index (χ0n) is 25.7. The van der Waals surface area contributed by atoms with Crippen LogP contribution < -0.4 is 0 Å². The number of aliphatic carboxylic acids is 1. The molecule has 0 aliphatic carbocycles. The smallest absolute Gasteiger partial charge is 0.327 e. The molecule has 0 fully saturated rings. The van der Waals surface area contributed by atoms with E-state index >= 15 is 0 Å². The number of allylic oxidation sites excluding steroid dienone is 4. The lowest BCUT2D eigenvalue weighted by Crippen LogP contribution is -1.83. The van der Waals surface area contributed by atoms with E-state index in [0.29, 0.717) is 0 Å². The van der Waals surface area contributed by atoms with Gasteiger partial charge in [0.1, 0.15) is 0 Å². The highest BCUT2D eigenvalue weighted by Crippen LogP contribution is 2.36. The molecule has 6 heteroatoms. The van der Waals surface area contributed by atoms with Gasteiger partial charge >= 0.3 is 5.97 Å². The van der Waals surface area contributed by atoms with E-state index in [2.05, 4.69) is 96.2 Å². The third kappa shape index (κ3) is 5.56. The molecule has 0 radical (unpaired) electrons. The van der Waals surface area contributed by atoms with E-state index in [9.17, 15) is 4.79 Å². The number of fused-ring (bicyclic) bond motifs is 8. The van der Waals surface area contributed by atoms with Crippen molar-refractivity contribution in [1.29, 1.82) is 0 Å². The van der Waals surface area contributed by atoms with Crippen LogP contribution in [0.2, 0.25) is 0 Å². The number of carboxylic acids is 1. The number of nitrogens with zero attached hydrogens (tertiary/aromatic N) is 2. The molecule has 8 bridgehead atoms. The highest BCUT2D eigenvalue weighted by atomic mass is 16.4. The van der Waals surface area contributed by atoms with Crippen LogP contribution in [0.3, 0.4) is 0 Å². The van der Waals surface area contributed by atoms with Crippen molar-refractivity contribution in [2.24, 2.45) is 0 Å². The van der Waals surface area contributed by atoms with Gasteiger partial charge in [0, 0.05) is 28.1 Å². The van der Waals surface area contributed by atoms with E-state index in [1.165, 1.54) is 44.5 Å². The topological polar surface area (TPSA) is 94.7 Å². The van der Waals surface area contributed by atoms with Crippen LogP contribution in [-0.4, -0.2) is 31.0 Å². The molecule has 2 aliphatic heterocycles. The maximum absolute atomic E-state index is 9.25. The predicted molar refractivity (Wildman–Crippen MR) is 173 cm³/mol. The number of hydrogen-bond donors (Lipinski definition) is 3. The number of aryl methyl sites for hydroxylation is 4. The number of aromatic amines is 2. The Kier molecular flexibility index (Phi) is 8.81. The average Bonchev–Trinajstić information content (AvgIpc) is 3.61. The van der Waals surface area contributed by atoms with Crippen molar-refractivity contribution in [3.05, 3.63) is 81.9 Å². The summed E-state index contributed by atoms with van der Waals surface area (Å²) in [4.78, 5) is 27.0. The van der Waals surface area contributed by atoms with Gasteiger partial charge < -0.3 is 15.1 Å². The lowest BCUT2D eigenvalue weighted by atomic mass is 10.0. The minimum absolute atomic E-state index is 0.833.